The monoisotopic (exact) mass is 277 g/mol. The molecule has 1 saturated carbocycles. The molecule has 1 N–H and O–H groups in total. The highest BCUT2D eigenvalue weighted by atomic mass is 16.5. The molecule has 1 aliphatic carbocycles. The zero-order valence-electron chi connectivity index (χ0n) is 12.7. The van der Waals surface area contributed by atoms with Crippen LogP contribution in [0, 0.1) is 0 Å². The fourth-order valence-corrected chi connectivity index (χ4v) is 2.78. The molecule has 20 heavy (non-hydrogen) atoms. The standard InChI is InChI=1S/C17H27NO2/c1-3-11-18-14-7-5-9-16(12-14)20-17-10-6-8-15(13-17)19-4-2/h6,8,10,13-14,16,18H,3-5,7,9,11-12H2,1-2H3. The molecule has 2 unspecified atom stereocenters. The Balaban J connectivity index is 1.87. The molecule has 0 bridgehead atoms. The van der Waals surface area contributed by atoms with Crippen molar-refractivity contribution in [2.75, 3.05) is 13.2 Å². The van der Waals surface area contributed by atoms with Gasteiger partial charge in [0.1, 0.15) is 17.6 Å². The Labute approximate surface area is 122 Å². The van der Waals surface area contributed by atoms with Gasteiger partial charge in [0, 0.05) is 12.1 Å². The Morgan fingerprint density at radius 1 is 1.20 bits per heavy atom. The molecule has 112 valence electrons. The molecule has 0 saturated heterocycles. The molecular formula is C17H27NO2. The van der Waals surface area contributed by atoms with Gasteiger partial charge in [0.2, 0.25) is 0 Å². The predicted octanol–water partition coefficient (Wildman–Crippen LogP) is 3.77. The van der Waals surface area contributed by atoms with Gasteiger partial charge in [0.15, 0.2) is 0 Å². The first-order valence-electron chi connectivity index (χ1n) is 7.94. The summed E-state index contributed by atoms with van der Waals surface area (Å²) in [7, 11) is 0. The van der Waals surface area contributed by atoms with E-state index in [-0.39, 0.29) is 0 Å². The van der Waals surface area contributed by atoms with Crippen LogP contribution in [0.1, 0.15) is 46.0 Å². The molecule has 1 aromatic carbocycles. The molecule has 3 heteroatoms. The largest absolute Gasteiger partial charge is 0.494 e. The van der Waals surface area contributed by atoms with Crippen LogP contribution >= 0.6 is 0 Å². The molecule has 0 spiro atoms. The van der Waals surface area contributed by atoms with Crippen LogP contribution in [0.4, 0.5) is 0 Å². The van der Waals surface area contributed by atoms with Gasteiger partial charge in [-0.05, 0) is 57.7 Å². The molecule has 1 aromatic rings. The SMILES string of the molecule is CCCNC1CCCC(Oc2cccc(OCC)c2)C1. The van der Waals surface area contributed by atoms with Crippen molar-refractivity contribution in [1.82, 2.24) is 5.32 Å². The number of benzene rings is 1. The maximum atomic E-state index is 6.13. The van der Waals surface area contributed by atoms with E-state index in [9.17, 15) is 0 Å². The highest BCUT2D eigenvalue weighted by molar-refractivity contribution is 5.33. The Morgan fingerprint density at radius 3 is 2.85 bits per heavy atom. The second kappa shape index (κ2) is 8.15. The van der Waals surface area contributed by atoms with E-state index in [4.69, 9.17) is 9.47 Å². The summed E-state index contributed by atoms with van der Waals surface area (Å²) in [5.41, 5.74) is 0. The van der Waals surface area contributed by atoms with Gasteiger partial charge < -0.3 is 14.8 Å². The van der Waals surface area contributed by atoms with Gasteiger partial charge in [-0.25, -0.2) is 0 Å². The van der Waals surface area contributed by atoms with Crippen LogP contribution < -0.4 is 14.8 Å². The molecule has 0 aromatic heterocycles. The van der Waals surface area contributed by atoms with Crippen LogP contribution in [0.5, 0.6) is 11.5 Å². The van der Waals surface area contributed by atoms with Gasteiger partial charge in [-0.15, -0.1) is 0 Å². The van der Waals surface area contributed by atoms with E-state index in [1.807, 2.05) is 31.2 Å². The van der Waals surface area contributed by atoms with Crippen molar-refractivity contribution in [3.05, 3.63) is 24.3 Å². The van der Waals surface area contributed by atoms with Gasteiger partial charge in [-0.2, -0.15) is 0 Å². The molecule has 2 rings (SSSR count). The van der Waals surface area contributed by atoms with Crippen molar-refractivity contribution >= 4 is 0 Å². The molecule has 0 aliphatic heterocycles. The van der Waals surface area contributed by atoms with Crippen molar-refractivity contribution < 1.29 is 9.47 Å². The van der Waals surface area contributed by atoms with E-state index in [1.54, 1.807) is 0 Å². The topological polar surface area (TPSA) is 30.5 Å². The van der Waals surface area contributed by atoms with Crippen LogP contribution in [0.3, 0.4) is 0 Å². The maximum Gasteiger partial charge on any atom is 0.123 e. The zero-order valence-corrected chi connectivity index (χ0v) is 12.7. The number of hydrogen-bond donors (Lipinski definition) is 1. The van der Waals surface area contributed by atoms with Gasteiger partial charge in [-0.3, -0.25) is 0 Å². The zero-order chi connectivity index (χ0) is 14.2. The van der Waals surface area contributed by atoms with E-state index >= 15 is 0 Å². The normalized spacial score (nSPS) is 22.5. The Kier molecular flexibility index (Phi) is 6.19. The summed E-state index contributed by atoms with van der Waals surface area (Å²) in [6.07, 6.45) is 6.31. The first-order valence-corrected chi connectivity index (χ1v) is 7.94. The smallest absolute Gasteiger partial charge is 0.123 e. The fraction of sp³-hybridized carbons (Fsp3) is 0.647. The van der Waals surface area contributed by atoms with E-state index in [1.165, 1.54) is 19.3 Å². The van der Waals surface area contributed by atoms with Crippen LogP contribution in [0.25, 0.3) is 0 Å². The average Bonchev–Trinajstić information content (AvgIpc) is 2.46. The van der Waals surface area contributed by atoms with Crippen molar-refractivity contribution in [3.63, 3.8) is 0 Å². The van der Waals surface area contributed by atoms with Crippen molar-refractivity contribution in [2.24, 2.45) is 0 Å². The predicted molar refractivity (Wildman–Crippen MR) is 82.6 cm³/mol. The fourth-order valence-electron chi connectivity index (χ4n) is 2.78. The highest BCUT2D eigenvalue weighted by Crippen LogP contribution is 2.26. The Hall–Kier alpha value is -1.22. The molecule has 0 amide bonds. The van der Waals surface area contributed by atoms with Gasteiger partial charge in [0.05, 0.1) is 6.61 Å². The molecule has 2 atom stereocenters. The third-order valence-electron chi connectivity index (χ3n) is 3.73. The lowest BCUT2D eigenvalue weighted by molar-refractivity contribution is 0.134. The summed E-state index contributed by atoms with van der Waals surface area (Å²) >= 11 is 0. The maximum absolute atomic E-state index is 6.13. The minimum atomic E-state index is 0.329. The van der Waals surface area contributed by atoms with E-state index < -0.39 is 0 Å². The van der Waals surface area contributed by atoms with Crippen LogP contribution in [0.2, 0.25) is 0 Å². The Morgan fingerprint density at radius 2 is 2.05 bits per heavy atom. The van der Waals surface area contributed by atoms with Gasteiger partial charge in [0.25, 0.3) is 0 Å². The lowest BCUT2D eigenvalue weighted by Gasteiger charge is -2.30. The lowest BCUT2D eigenvalue weighted by Crippen LogP contribution is -2.38. The number of nitrogens with one attached hydrogen (secondary N) is 1. The third kappa shape index (κ3) is 4.71. The van der Waals surface area contributed by atoms with Crippen LogP contribution in [-0.2, 0) is 0 Å². The minimum absolute atomic E-state index is 0.329. The first-order chi connectivity index (χ1) is 9.81. The summed E-state index contributed by atoms with van der Waals surface area (Å²) in [6.45, 7) is 6.01. The quantitative estimate of drug-likeness (QED) is 0.823. The first kappa shape index (κ1) is 15.2. The highest BCUT2D eigenvalue weighted by Gasteiger charge is 2.22. The summed E-state index contributed by atoms with van der Waals surface area (Å²) in [4.78, 5) is 0. The molecule has 0 heterocycles. The third-order valence-corrected chi connectivity index (χ3v) is 3.73. The van der Waals surface area contributed by atoms with Crippen LogP contribution in [0.15, 0.2) is 24.3 Å². The average molecular weight is 277 g/mol. The molecule has 1 aliphatic rings. The molecule has 0 radical (unpaired) electrons. The number of rotatable bonds is 7. The van der Waals surface area contributed by atoms with Crippen molar-refractivity contribution in [1.29, 1.82) is 0 Å². The molecule has 3 nitrogen and oxygen atoms in total. The van der Waals surface area contributed by atoms with Gasteiger partial charge >= 0.3 is 0 Å². The lowest BCUT2D eigenvalue weighted by atomic mass is 9.92. The summed E-state index contributed by atoms with van der Waals surface area (Å²) < 4.78 is 11.7. The van der Waals surface area contributed by atoms with Crippen molar-refractivity contribution in [2.45, 2.75) is 58.1 Å². The second-order valence-electron chi connectivity index (χ2n) is 5.47. The Bertz CT molecular complexity index is 394. The molecule has 1 fully saturated rings. The molecular weight excluding hydrogens is 250 g/mol. The van der Waals surface area contributed by atoms with Gasteiger partial charge in [-0.1, -0.05) is 13.0 Å². The summed E-state index contributed by atoms with van der Waals surface area (Å²) in [5.74, 6) is 1.82. The van der Waals surface area contributed by atoms with E-state index in [2.05, 4.69) is 12.2 Å². The number of hydrogen-bond acceptors (Lipinski definition) is 3. The second-order valence-corrected chi connectivity index (χ2v) is 5.47. The number of ether oxygens (including phenoxy) is 2. The summed E-state index contributed by atoms with van der Waals surface area (Å²) in [6, 6.07) is 8.60. The van der Waals surface area contributed by atoms with Crippen LogP contribution in [-0.4, -0.2) is 25.3 Å². The summed E-state index contributed by atoms with van der Waals surface area (Å²) in [5, 5.41) is 3.61. The van der Waals surface area contributed by atoms with E-state index in [0.717, 1.165) is 30.9 Å². The minimum Gasteiger partial charge on any atom is -0.494 e. The van der Waals surface area contributed by atoms with Crippen molar-refractivity contribution in [3.8, 4) is 11.5 Å². The van der Waals surface area contributed by atoms with E-state index in [0.29, 0.717) is 18.8 Å².